The van der Waals surface area contributed by atoms with Crippen molar-refractivity contribution in [1.29, 1.82) is 0 Å². The van der Waals surface area contributed by atoms with E-state index in [0.717, 1.165) is 18.4 Å². The van der Waals surface area contributed by atoms with Crippen LogP contribution in [0.2, 0.25) is 0 Å². The maximum absolute atomic E-state index is 11.4. The molecule has 0 radical (unpaired) electrons. The molecular weight excluding hydrogens is 416 g/mol. The van der Waals surface area contributed by atoms with E-state index in [1.807, 2.05) is 0 Å². The van der Waals surface area contributed by atoms with Crippen LogP contribution >= 0.6 is 0 Å². The summed E-state index contributed by atoms with van der Waals surface area (Å²) in [4.78, 5) is 40.8. The fourth-order valence-corrected chi connectivity index (χ4v) is 3.11. The lowest BCUT2D eigenvalue weighted by Gasteiger charge is -2.06. The zero-order chi connectivity index (χ0) is 22.2. The summed E-state index contributed by atoms with van der Waals surface area (Å²) < 4.78 is 1.51. The lowest BCUT2D eigenvalue weighted by Crippen LogP contribution is -2.24. The molecule has 12 nitrogen and oxygen atoms in total. The SMILES string of the molecule is O=C(O)c1ccc(CNc2nc(=NC3CC3)n3ncc(=Cc4[nH]c(=O)[nH]c4O)c3n2)cc1. The highest BCUT2D eigenvalue weighted by Crippen LogP contribution is 2.22. The van der Waals surface area contributed by atoms with Crippen LogP contribution in [0.15, 0.2) is 40.2 Å². The highest BCUT2D eigenvalue weighted by molar-refractivity contribution is 5.87. The van der Waals surface area contributed by atoms with E-state index in [4.69, 9.17) is 5.11 Å². The number of fused-ring (bicyclic) bond motifs is 1. The largest absolute Gasteiger partial charge is 0.493 e. The predicted molar refractivity (Wildman–Crippen MR) is 112 cm³/mol. The Balaban J connectivity index is 1.53. The van der Waals surface area contributed by atoms with Gasteiger partial charge in [-0.1, -0.05) is 12.1 Å². The molecule has 3 aromatic heterocycles. The number of aromatic carboxylic acids is 1. The molecular formula is C20H18N8O4. The van der Waals surface area contributed by atoms with Crippen molar-refractivity contribution >= 4 is 23.6 Å². The van der Waals surface area contributed by atoms with E-state index in [2.05, 4.69) is 35.3 Å². The summed E-state index contributed by atoms with van der Waals surface area (Å²) in [5.74, 6) is -0.945. The van der Waals surface area contributed by atoms with Gasteiger partial charge >= 0.3 is 11.7 Å². The smallest absolute Gasteiger partial charge is 0.335 e. The fourth-order valence-electron chi connectivity index (χ4n) is 3.11. The molecule has 0 amide bonds. The number of benzene rings is 1. The molecule has 0 aliphatic heterocycles. The minimum atomic E-state index is -0.982. The van der Waals surface area contributed by atoms with Gasteiger partial charge in [0.05, 0.1) is 17.8 Å². The van der Waals surface area contributed by atoms with Gasteiger partial charge in [0, 0.05) is 11.8 Å². The summed E-state index contributed by atoms with van der Waals surface area (Å²) in [6.45, 7) is 0.373. The summed E-state index contributed by atoms with van der Waals surface area (Å²) in [5, 5.41) is 26.9. The van der Waals surface area contributed by atoms with Crippen LogP contribution in [0, 0.1) is 0 Å². The molecule has 162 valence electrons. The third kappa shape index (κ3) is 3.93. The normalized spacial score (nSPS) is 14.9. The second kappa shape index (κ2) is 7.65. The van der Waals surface area contributed by atoms with Gasteiger partial charge in [-0.25, -0.2) is 14.6 Å². The third-order valence-electron chi connectivity index (χ3n) is 4.91. The first kappa shape index (κ1) is 19.5. The zero-order valence-corrected chi connectivity index (χ0v) is 16.6. The van der Waals surface area contributed by atoms with E-state index in [0.29, 0.717) is 29.0 Å². The summed E-state index contributed by atoms with van der Waals surface area (Å²) in [7, 11) is 0. The molecule has 1 aliphatic rings. The Morgan fingerprint density at radius 1 is 1.25 bits per heavy atom. The van der Waals surface area contributed by atoms with Crippen molar-refractivity contribution < 1.29 is 15.0 Å². The number of H-pyrrole nitrogens is 2. The molecule has 0 bridgehead atoms. The number of nitrogens with zero attached hydrogens (tertiary/aromatic N) is 5. The second-order valence-electron chi connectivity index (χ2n) is 7.38. The molecule has 0 spiro atoms. The Bertz CT molecular complexity index is 1500. The Labute approximate surface area is 179 Å². The van der Waals surface area contributed by atoms with Crippen LogP contribution in [0.5, 0.6) is 5.88 Å². The van der Waals surface area contributed by atoms with Crippen LogP contribution in [0.1, 0.15) is 34.5 Å². The molecule has 5 rings (SSSR count). The molecule has 4 aromatic rings. The first-order valence-electron chi connectivity index (χ1n) is 9.85. The molecule has 5 N–H and O–H groups in total. The monoisotopic (exact) mass is 434 g/mol. The number of hydrogen-bond donors (Lipinski definition) is 5. The van der Waals surface area contributed by atoms with E-state index in [9.17, 15) is 14.7 Å². The van der Waals surface area contributed by atoms with E-state index < -0.39 is 11.7 Å². The molecule has 0 unspecified atom stereocenters. The molecule has 1 aromatic carbocycles. The number of carboxylic acids is 1. The number of aromatic nitrogens is 6. The first-order chi connectivity index (χ1) is 15.5. The quantitative estimate of drug-likeness (QED) is 0.277. The lowest BCUT2D eigenvalue weighted by molar-refractivity contribution is 0.0697. The average Bonchev–Trinajstić information content (AvgIpc) is 3.41. The first-order valence-corrected chi connectivity index (χ1v) is 9.85. The van der Waals surface area contributed by atoms with E-state index in [1.54, 1.807) is 24.4 Å². The van der Waals surface area contributed by atoms with Gasteiger partial charge in [-0.15, -0.1) is 0 Å². The van der Waals surface area contributed by atoms with Gasteiger partial charge in [-0.2, -0.15) is 19.6 Å². The number of aromatic hydroxyl groups is 1. The Kier molecular flexibility index (Phi) is 4.66. The fraction of sp³-hybridized carbons (Fsp3) is 0.200. The van der Waals surface area contributed by atoms with Crippen molar-refractivity contribution in [3.8, 4) is 5.88 Å². The van der Waals surface area contributed by atoms with E-state index in [-0.39, 0.29) is 23.2 Å². The van der Waals surface area contributed by atoms with Crippen molar-refractivity contribution in [2.45, 2.75) is 25.4 Å². The maximum atomic E-state index is 11.4. The van der Waals surface area contributed by atoms with Gasteiger partial charge in [-0.05, 0) is 36.6 Å². The Hall–Kier alpha value is -4.48. The molecule has 0 atom stereocenters. The average molecular weight is 434 g/mol. The molecule has 12 heteroatoms. The number of hydrogen-bond acceptors (Lipinski definition) is 8. The van der Waals surface area contributed by atoms with E-state index >= 15 is 0 Å². The molecule has 0 saturated heterocycles. The van der Waals surface area contributed by atoms with Crippen molar-refractivity contribution in [3.05, 3.63) is 68.6 Å². The zero-order valence-electron chi connectivity index (χ0n) is 16.6. The number of aromatic amines is 2. The van der Waals surface area contributed by atoms with Gasteiger partial charge in [0.1, 0.15) is 5.69 Å². The van der Waals surface area contributed by atoms with Gasteiger partial charge in [0.15, 0.2) is 5.65 Å². The second-order valence-corrected chi connectivity index (χ2v) is 7.38. The topological polar surface area (TPSA) is 174 Å². The summed E-state index contributed by atoms with van der Waals surface area (Å²) in [5.41, 5.74) is 1.59. The maximum Gasteiger partial charge on any atom is 0.335 e. The lowest BCUT2D eigenvalue weighted by atomic mass is 10.1. The molecule has 1 fully saturated rings. The molecule has 32 heavy (non-hydrogen) atoms. The van der Waals surface area contributed by atoms with Crippen molar-refractivity contribution in [2.24, 2.45) is 4.99 Å². The molecule has 1 saturated carbocycles. The van der Waals surface area contributed by atoms with Crippen LogP contribution in [-0.4, -0.2) is 51.8 Å². The van der Waals surface area contributed by atoms with Crippen LogP contribution in [0.4, 0.5) is 5.95 Å². The summed E-state index contributed by atoms with van der Waals surface area (Å²) in [6, 6.07) is 6.70. The van der Waals surface area contributed by atoms with Crippen molar-refractivity contribution in [1.82, 2.24) is 29.5 Å². The molecule has 1 aliphatic carbocycles. The van der Waals surface area contributed by atoms with Gasteiger partial charge in [-0.3, -0.25) is 4.98 Å². The Morgan fingerprint density at radius 3 is 2.69 bits per heavy atom. The minimum absolute atomic E-state index is 0.200. The van der Waals surface area contributed by atoms with Crippen LogP contribution < -0.4 is 21.8 Å². The summed E-state index contributed by atoms with van der Waals surface area (Å²) >= 11 is 0. The number of carboxylic acid groups (broad SMARTS) is 1. The van der Waals surface area contributed by atoms with Crippen LogP contribution in [0.25, 0.3) is 11.7 Å². The number of imidazole rings is 1. The van der Waals surface area contributed by atoms with Gasteiger partial charge in [0.25, 0.3) is 5.62 Å². The van der Waals surface area contributed by atoms with Crippen molar-refractivity contribution in [2.75, 3.05) is 5.32 Å². The minimum Gasteiger partial charge on any atom is -0.493 e. The van der Waals surface area contributed by atoms with E-state index in [1.165, 1.54) is 16.6 Å². The number of anilines is 1. The van der Waals surface area contributed by atoms with Crippen LogP contribution in [0.3, 0.4) is 0 Å². The number of carbonyl (C=O) groups is 1. The van der Waals surface area contributed by atoms with Gasteiger partial charge < -0.3 is 20.5 Å². The highest BCUT2D eigenvalue weighted by atomic mass is 16.4. The number of rotatable bonds is 6. The van der Waals surface area contributed by atoms with Gasteiger partial charge in [0.2, 0.25) is 11.8 Å². The summed E-state index contributed by atoms with van der Waals surface area (Å²) in [6.07, 6.45) is 5.08. The van der Waals surface area contributed by atoms with Crippen LogP contribution in [-0.2, 0) is 6.54 Å². The Morgan fingerprint density at radius 2 is 2.03 bits per heavy atom. The highest BCUT2D eigenvalue weighted by Gasteiger charge is 2.21. The standard InChI is InChI=1S/C20H18N8O4/c29-16-14(24-20(32)26-16)7-12-9-22-28-15(12)25-18(27-19(28)23-13-5-6-13)21-8-10-1-3-11(4-2-10)17(30)31/h1-4,7,9,13,29H,5-6,8H2,(H,30,31)(H,21,23,27)(H2,24,26,32). The molecule has 3 heterocycles. The number of nitrogens with one attached hydrogen (secondary N) is 3. The predicted octanol–water partition coefficient (Wildman–Crippen LogP) is -0.233. The van der Waals surface area contributed by atoms with Crippen molar-refractivity contribution in [3.63, 3.8) is 0 Å². The third-order valence-corrected chi connectivity index (χ3v) is 4.91.